The molecule has 1 aromatic heterocycles. The summed E-state index contributed by atoms with van der Waals surface area (Å²) in [5, 5.41) is 0.998. The van der Waals surface area contributed by atoms with Gasteiger partial charge >= 0.3 is 4.87 Å². The second-order valence-corrected chi connectivity index (χ2v) is 11.6. The number of anilines is 1. The Labute approximate surface area is 197 Å². The van der Waals surface area contributed by atoms with Gasteiger partial charge in [0.25, 0.3) is 0 Å². The summed E-state index contributed by atoms with van der Waals surface area (Å²) < 4.78 is 13.7. The number of para-hydroxylation sites is 1. The van der Waals surface area contributed by atoms with Crippen LogP contribution in [0.2, 0.25) is 0 Å². The molecule has 2 saturated carbocycles. The fourth-order valence-corrected chi connectivity index (χ4v) is 9.78. The molecule has 0 radical (unpaired) electrons. The number of aromatic amines is 1. The quantitative estimate of drug-likeness (QED) is 0.559. The van der Waals surface area contributed by atoms with Crippen molar-refractivity contribution in [3.63, 3.8) is 0 Å². The number of thioether (sulfide) groups is 1. The number of nitrogens with zero attached hydrogens (tertiary/aromatic N) is 1. The van der Waals surface area contributed by atoms with Crippen LogP contribution in [0.1, 0.15) is 22.8 Å². The summed E-state index contributed by atoms with van der Waals surface area (Å²) in [4.78, 5) is 44.6. The summed E-state index contributed by atoms with van der Waals surface area (Å²) in [6.45, 7) is 0. The zero-order valence-electron chi connectivity index (χ0n) is 17.3. The fourth-order valence-electron chi connectivity index (χ4n) is 6.89. The smallest absolute Gasteiger partial charge is 0.305 e. The number of carbonyl (C=O) groups is 2. The van der Waals surface area contributed by atoms with Gasteiger partial charge in [-0.3, -0.25) is 19.3 Å². The highest BCUT2D eigenvalue weighted by atomic mass is 32.2. The lowest BCUT2D eigenvalue weighted by molar-refractivity contribution is -0.123. The van der Waals surface area contributed by atoms with Crippen molar-refractivity contribution in [2.75, 3.05) is 4.90 Å². The third kappa shape index (κ3) is 2.62. The van der Waals surface area contributed by atoms with Gasteiger partial charge in [-0.05, 0) is 54.0 Å². The Morgan fingerprint density at radius 2 is 1.61 bits per heavy atom. The van der Waals surface area contributed by atoms with Crippen molar-refractivity contribution in [1.29, 1.82) is 0 Å². The lowest BCUT2D eigenvalue weighted by atomic mass is 9.68. The monoisotopic (exact) mass is 478 g/mol. The standard InChI is InChI=1S/C25H19FN2O3S2/c26-12-8-6-11(7-9-12)16-17-14-10-15(20(17)32-22-21(16)33-25(31)27-22)19-18(14)23(29)28(24(19)30)13-4-2-1-3-5-13/h1-9,14-20H,10H2,(H,27,31)/t14-,15-,16-,17-,18-,19-,20+/m0/s1. The van der Waals surface area contributed by atoms with Crippen LogP contribution < -0.4 is 9.77 Å². The highest BCUT2D eigenvalue weighted by Crippen LogP contribution is 2.68. The van der Waals surface area contributed by atoms with E-state index in [1.165, 1.54) is 28.4 Å². The summed E-state index contributed by atoms with van der Waals surface area (Å²) in [5.41, 5.74) is 1.60. The molecular weight excluding hydrogens is 459 g/mol. The van der Waals surface area contributed by atoms with Crippen LogP contribution in [0.15, 0.2) is 64.4 Å². The van der Waals surface area contributed by atoms with Gasteiger partial charge < -0.3 is 4.98 Å². The Bertz CT molecular complexity index is 1350. The van der Waals surface area contributed by atoms with Crippen molar-refractivity contribution in [3.05, 3.63) is 80.5 Å². The van der Waals surface area contributed by atoms with E-state index in [4.69, 9.17) is 0 Å². The molecule has 2 aliphatic carbocycles. The number of amides is 2. The van der Waals surface area contributed by atoms with Gasteiger partial charge in [0.15, 0.2) is 0 Å². The highest BCUT2D eigenvalue weighted by molar-refractivity contribution is 8.00. The van der Waals surface area contributed by atoms with Crippen molar-refractivity contribution in [2.24, 2.45) is 29.6 Å². The molecule has 0 unspecified atom stereocenters. The third-order valence-corrected chi connectivity index (χ3v) is 10.6. The lowest BCUT2D eigenvalue weighted by Gasteiger charge is -2.43. The first-order valence-electron chi connectivity index (χ1n) is 11.1. The number of halogens is 1. The van der Waals surface area contributed by atoms with E-state index >= 15 is 0 Å². The number of imide groups is 1. The summed E-state index contributed by atoms with van der Waals surface area (Å²) in [7, 11) is 0. The summed E-state index contributed by atoms with van der Waals surface area (Å²) >= 11 is 2.87. The zero-order valence-corrected chi connectivity index (χ0v) is 18.9. The molecule has 7 rings (SSSR count). The van der Waals surface area contributed by atoms with Crippen LogP contribution >= 0.6 is 23.1 Å². The number of benzene rings is 2. The van der Waals surface area contributed by atoms with E-state index in [-0.39, 0.29) is 63.3 Å². The van der Waals surface area contributed by atoms with Gasteiger partial charge in [-0.25, -0.2) is 4.39 Å². The Morgan fingerprint density at radius 1 is 0.909 bits per heavy atom. The average molecular weight is 479 g/mol. The normalized spacial score (nSPS) is 33.8. The molecule has 3 aromatic rings. The maximum atomic E-state index is 13.7. The van der Waals surface area contributed by atoms with Gasteiger partial charge in [-0.2, -0.15) is 0 Å². The maximum absolute atomic E-state index is 13.7. The van der Waals surface area contributed by atoms with Crippen LogP contribution in [0.5, 0.6) is 0 Å². The van der Waals surface area contributed by atoms with Gasteiger partial charge in [0.2, 0.25) is 11.8 Å². The fraction of sp³-hybridized carbons (Fsp3) is 0.320. The second kappa shape index (κ2) is 6.90. The number of fused-ring (bicyclic) bond motifs is 9. The first-order chi connectivity index (χ1) is 16.0. The third-order valence-electron chi connectivity index (χ3n) is 7.97. The largest absolute Gasteiger partial charge is 0.307 e. The highest BCUT2D eigenvalue weighted by Gasteiger charge is 2.69. The van der Waals surface area contributed by atoms with E-state index < -0.39 is 0 Å². The van der Waals surface area contributed by atoms with Crippen molar-refractivity contribution in [1.82, 2.24) is 4.98 Å². The van der Waals surface area contributed by atoms with E-state index in [0.717, 1.165) is 21.9 Å². The van der Waals surface area contributed by atoms with Gasteiger partial charge in [-0.15, -0.1) is 11.8 Å². The molecular formula is C25H19FN2O3S2. The van der Waals surface area contributed by atoms with Crippen LogP contribution in [0.4, 0.5) is 10.1 Å². The Morgan fingerprint density at radius 3 is 2.33 bits per heavy atom. The number of thiazole rings is 1. The Hall–Kier alpha value is -2.71. The van der Waals surface area contributed by atoms with E-state index in [1.807, 2.05) is 30.3 Å². The molecule has 0 spiro atoms. The zero-order chi connectivity index (χ0) is 22.4. The molecule has 1 saturated heterocycles. The van der Waals surface area contributed by atoms with E-state index in [2.05, 4.69) is 4.98 Å². The topological polar surface area (TPSA) is 70.2 Å². The SMILES string of the molecule is O=C1[C@H]2[C@@H]3C[C@H]([C@@H]2C(=O)N1c1ccccc1)[C@H]1[C@H](c2ccc(F)cc2)c2sc(=O)[nH]c2S[C@H]31. The molecule has 3 fully saturated rings. The molecule has 33 heavy (non-hydrogen) atoms. The molecule has 5 nitrogen and oxygen atoms in total. The van der Waals surface area contributed by atoms with E-state index in [9.17, 15) is 18.8 Å². The van der Waals surface area contributed by atoms with Gasteiger partial charge in [-0.1, -0.05) is 41.7 Å². The first kappa shape index (κ1) is 19.7. The first-order valence-corrected chi connectivity index (χ1v) is 12.8. The van der Waals surface area contributed by atoms with Crippen LogP contribution in [-0.2, 0) is 9.59 Å². The van der Waals surface area contributed by atoms with Crippen LogP contribution in [-0.4, -0.2) is 22.0 Å². The maximum Gasteiger partial charge on any atom is 0.305 e. The minimum Gasteiger partial charge on any atom is -0.307 e. The predicted octanol–water partition coefficient (Wildman–Crippen LogP) is 4.25. The van der Waals surface area contributed by atoms with Gasteiger partial charge in [0.05, 0.1) is 22.5 Å². The molecule has 2 amide bonds. The molecule has 2 bridgehead atoms. The molecule has 7 atom stereocenters. The van der Waals surface area contributed by atoms with Gasteiger partial charge in [0, 0.05) is 16.0 Å². The number of carbonyl (C=O) groups excluding carboxylic acids is 2. The summed E-state index contributed by atoms with van der Waals surface area (Å²) in [6.07, 6.45) is 0.842. The molecule has 4 aliphatic rings. The number of rotatable bonds is 2. The Balaban J connectivity index is 1.34. The molecule has 1 N–H and O–H groups in total. The number of hydrogen-bond donors (Lipinski definition) is 1. The molecule has 166 valence electrons. The number of hydrogen-bond acceptors (Lipinski definition) is 5. The minimum absolute atomic E-state index is 0.0584. The van der Waals surface area contributed by atoms with E-state index in [1.54, 1.807) is 23.9 Å². The summed E-state index contributed by atoms with van der Waals surface area (Å²) in [5.74, 6) is -0.946. The van der Waals surface area contributed by atoms with E-state index in [0.29, 0.717) is 5.69 Å². The molecule has 3 heterocycles. The molecule has 2 aromatic carbocycles. The number of H-pyrrole nitrogens is 1. The number of aromatic nitrogens is 1. The average Bonchev–Trinajstić information content (AvgIpc) is 3.54. The second-order valence-electron chi connectivity index (χ2n) is 9.36. The predicted molar refractivity (Wildman–Crippen MR) is 124 cm³/mol. The Kier molecular flexibility index (Phi) is 4.13. The number of nitrogens with one attached hydrogen (secondary N) is 1. The van der Waals surface area contributed by atoms with Crippen LogP contribution in [0, 0.1) is 35.4 Å². The van der Waals surface area contributed by atoms with Crippen molar-refractivity contribution in [3.8, 4) is 0 Å². The van der Waals surface area contributed by atoms with Crippen molar-refractivity contribution in [2.45, 2.75) is 22.6 Å². The molecule has 2 aliphatic heterocycles. The lowest BCUT2D eigenvalue weighted by Crippen LogP contribution is -2.42. The van der Waals surface area contributed by atoms with Crippen molar-refractivity contribution < 1.29 is 14.0 Å². The molecule has 8 heteroatoms. The minimum atomic E-state index is -0.329. The van der Waals surface area contributed by atoms with Crippen LogP contribution in [0.3, 0.4) is 0 Å². The van der Waals surface area contributed by atoms with Crippen LogP contribution in [0.25, 0.3) is 0 Å². The summed E-state index contributed by atoms with van der Waals surface area (Å²) in [6, 6.07) is 15.7. The van der Waals surface area contributed by atoms with Crippen molar-refractivity contribution >= 4 is 40.6 Å². The van der Waals surface area contributed by atoms with Gasteiger partial charge in [0.1, 0.15) is 5.82 Å².